The lowest BCUT2D eigenvalue weighted by Crippen LogP contribution is -2.24. The van der Waals surface area contributed by atoms with Gasteiger partial charge in [-0.3, -0.25) is 9.88 Å². The first-order valence-corrected chi connectivity index (χ1v) is 7.34. The van der Waals surface area contributed by atoms with Crippen LogP contribution in [0, 0.1) is 5.92 Å². The highest BCUT2D eigenvalue weighted by atomic mass is 35.5. The highest BCUT2D eigenvalue weighted by molar-refractivity contribution is 6.29. The zero-order valence-electron chi connectivity index (χ0n) is 11.1. The third-order valence-electron chi connectivity index (χ3n) is 3.70. The Hall–Kier alpha value is -0.670. The monoisotopic (exact) mass is 267 g/mol. The minimum atomic E-state index is 0.470. The van der Waals surface area contributed by atoms with E-state index in [0.29, 0.717) is 5.15 Å². The van der Waals surface area contributed by atoms with Crippen molar-refractivity contribution >= 4 is 11.6 Å². The van der Waals surface area contributed by atoms with Crippen LogP contribution in [0.5, 0.6) is 0 Å². The highest BCUT2D eigenvalue weighted by Gasteiger charge is 2.16. The van der Waals surface area contributed by atoms with Crippen molar-refractivity contribution in [3.05, 3.63) is 23.2 Å². The molecule has 1 unspecified atom stereocenters. The smallest absolute Gasteiger partial charge is 0.147 e. The zero-order valence-corrected chi connectivity index (χ0v) is 11.9. The Bertz CT molecular complexity index is 353. The van der Waals surface area contributed by atoms with E-state index in [4.69, 9.17) is 11.6 Å². The van der Waals surface area contributed by atoms with Crippen molar-refractivity contribution in [1.29, 1.82) is 0 Å². The van der Waals surface area contributed by atoms with Crippen molar-refractivity contribution in [1.82, 2.24) is 14.9 Å². The predicted molar refractivity (Wildman–Crippen MR) is 74.6 cm³/mol. The molecule has 3 nitrogen and oxygen atoms in total. The van der Waals surface area contributed by atoms with Gasteiger partial charge in [0.2, 0.25) is 0 Å². The average Bonchev–Trinajstić information content (AvgIpc) is 2.59. The van der Waals surface area contributed by atoms with Crippen LogP contribution in [0.4, 0.5) is 0 Å². The van der Waals surface area contributed by atoms with Gasteiger partial charge >= 0.3 is 0 Å². The summed E-state index contributed by atoms with van der Waals surface area (Å²) < 4.78 is 0. The van der Waals surface area contributed by atoms with Crippen LogP contribution in [0.15, 0.2) is 12.4 Å². The maximum atomic E-state index is 5.75. The first-order valence-electron chi connectivity index (χ1n) is 6.96. The minimum absolute atomic E-state index is 0.470. The minimum Gasteiger partial charge on any atom is -0.297 e. The lowest BCUT2D eigenvalue weighted by atomic mass is 9.96. The summed E-state index contributed by atoms with van der Waals surface area (Å²) in [5.74, 6) is 0.927. The van der Waals surface area contributed by atoms with Gasteiger partial charge < -0.3 is 0 Å². The highest BCUT2D eigenvalue weighted by Crippen LogP contribution is 2.22. The maximum absolute atomic E-state index is 5.75. The second kappa shape index (κ2) is 7.05. The quantitative estimate of drug-likeness (QED) is 0.836. The van der Waals surface area contributed by atoms with E-state index in [-0.39, 0.29) is 0 Å². The number of rotatable bonds is 4. The van der Waals surface area contributed by atoms with E-state index in [2.05, 4.69) is 21.8 Å². The predicted octanol–water partition coefficient (Wildman–Crippen LogP) is 3.53. The third-order valence-corrected chi connectivity index (χ3v) is 3.89. The molecular formula is C14H22ClN3. The van der Waals surface area contributed by atoms with Crippen LogP contribution in [0.1, 0.15) is 44.7 Å². The van der Waals surface area contributed by atoms with Crippen molar-refractivity contribution in [3.8, 4) is 0 Å². The summed E-state index contributed by atoms with van der Waals surface area (Å²) in [6.07, 6.45) is 10.1. The molecule has 1 aromatic heterocycles. The first-order chi connectivity index (χ1) is 8.78. The fraction of sp³-hybridized carbons (Fsp3) is 0.714. The van der Waals surface area contributed by atoms with Crippen molar-refractivity contribution in [2.24, 2.45) is 5.92 Å². The largest absolute Gasteiger partial charge is 0.297 e. The van der Waals surface area contributed by atoms with Gasteiger partial charge in [-0.15, -0.1) is 0 Å². The van der Waals surface area contributed by atoms with Gasteiger partial charge in [-0.05, 0) is 38.3 Å². The van der Waals surface area contributed by atoms with E-state index < -0.39 is 0 Å². The van der Waals surface area contributed by atoms with Crippen LogP contribution >= 0.6 is 11.6 Å². The molecule has 1 aliphatic heterocycles. The Balaban J connectivity index is 1.84. The molecule has 0 saturated carbocycles. The molecule has 0 aromatic carbocycles. The van der Waals surface area contributed by atoms with Gasteiger partial charge in [-0.25, -0.2) is 4.98 Å². The average molecular weight is 268 g/mol. The normalized spacial score (nSPS) is 21.8. The van der Waals surface area contributed by atoms with E-state index in [1.54, 1.807) is 12.4 Å². The van der Waals surface area contributed by atoms with Crippen LogP contribution in [0.3, 0.4) is 0 Å². The summed E-state index contributed by atoms with van der Waals surface area (Å²) in [5.41, 5.74) is 1.02. The molecule has 1 aromatic rings. The molecule has 4 heteroatoms. The second-order valence-corrected chi connectivity index (χ2v) is 5.58. The Kier molecular flexibility index (Phi) is 5.39. The Labute approximate surface area is 115 Å². The van der Waals surface area contributed by atoms with Crippen LogP contribution in [0.2, 0.25) is 5.15 Å². The van der Waals surface area contributed by atoms with Crippen molar-refractivity contribution in [2.75, 3.05) is 13.1 Å². The number of hydrogen-bond donors (Lipinski definition) is 0. The fourth-order valence-electron chi connectivity index (χ4n) is 2.73. The second-order valence-electron chi connectivity index (χ2n) is 5.19. The SMILES string of the molecule is CCCC1CCCN(Cc2cnc(Cl)cn2)CC1. The lowest BCUT2D eigenvalue weighted by molar-refractivity contribution is 0.268. The van der Waals surface area contributed by atoms with Gasteiger partial charge in [0, 0.05) is 6.54 Å². The summed E-state index contributed by atoms with van der Waals surface area (Å²) in [7, 11) is 0. The van der Waals surface area contributed by atoms with Crippen LogP contribution in [-0.2, 0) is 6.54 Å². The van der Waals surface area contributed by atoms with Crippen molar-refractivity contribution < 1.29 is 0 Å². The Morgan fingerprint density at radius 3 is 2.89 bits per heavy atom. The number of halogens is 1. The van der Waals surface area contributed by atoms with Crippen LogP contribution in [0.25, 0.3) is 0 Å². The van der Waals surface area contributed by atoms with Gasteiger partial charge in [0.1, 0.15) is 5.15 Å². The van der Waals surface area contributed by atoms with E-state index in [1.807, 2.05) is 0 Å². The molecule has 100 valence electrons. The van der Waals surface area contributed by atoms with E-state index in [0.717, 1.165) is 18.2 Å². The fourth-order valence-corrected chi connectivity index (χ4v) is 2.83. The number of nitrogens with zero attached hydrogens (tertiary/aromatic N) is 3. The van der Waals surface area contributed by atoms with Crippen LogP contribution in [-0.4, -0.2) is 28.0 Å². The summed E-state index contributed by atoms with van der Waals surface area (Å²) in [5, 5.41) is 0.470. The summed E-state index contributed by atoms with van der Waals surface area (Å²) in [6, 6.07) is 0. The van der Waals surface area contributed by atoms with Gasteiger partial charge in [0.25, 0.3) is 0 Å². The summed E-state index contributed by atoms with van der Waals surface area (Å²) in [6.45, 7) is 5.56. The van der Waals surface area contributed by atoms with Gasteiger partial charge in [-0.1, -0.05) is 31.4 Å². The zero-order chi connectivity index (χ0) is 12.8. The Morgan fingerprint density at radius 2 is 2.17 bits per heavy atom. The van der Waals surface area contributed by atoms with Crippen LogP contribution < -0.4 is 0 Å². The van der Waals surface area contributed by atoms with Gasteiger partial charge in [0.05, 0.1) is 18.1 Å². The van der Waals surface area contributed by atoms with Crippen molar-refractivity contribution in [3.63, 3.8) is 0 Å². The molecule has 2 rings (SSSR count). The Morgan fingerprint density at radius 1 is 1.28 bits per heavy atom. The lowest BCUT2D eigenvalue weighted by Gasteiger charge is -2.19. The molecule has 0 amide bonds. The molecule has 0 aliphatic carbocycles. The number of hydrogen-bond acceptors (Lipinski definition) is 3. The van der Waals surface area contributed by atoms with Gasteiger partial charge in [0.15, 0.2) is 0 Å². The third kappa shape index (κ3) is 4.21. The molecule has 0 N–H and O–H groups in total. The van der Waals surface area contributed by atoms with E-state index in [1.165, 1.54) is 45.2 Å². The molecule has 0 bridgehead atoms. The molecule has 0 radical (unpaired) electrons. The number of likely N-dealkylation sites (tertiary alicyclic amines) is 1. The molecule has 1 saturated heterocycles. The standard InChI is InChI=1S/C14H22ClN3/c1-2-4-12-5-3-7-18(8-6-12)11-13-9-17-14(15)10-16-13/h9-10,12H,2-8,11H2,1H3. The molecule has 1 aliphatic rings. The molecule has 1 atom stereocenters. The maximum Gasteiger partial charge on any atom is 0.147 e. The molecule has 18 heavy (non-hydrogen) atoms. The summed E-state index contributed by atoms with van der Waals surface area (Å²) >= 11 is 5.75. The molecular weight excluding hydrogens is 246 g/mol. The topological polar surface area (TPSA) is 29.0 Å². The molecule has 1 fully saturated rings. The van der Waals surface area contributed by atoms with E-state index in [9.17, 15) is 0 Å². The number of aromatic nitrogens is 2. The first kappa shape index (κ1) is 13.8. The molecule has 2 heterocycles. The van der Waals surface area contributed by atoms with Gasteiger partial charge in [-0.2, -0.15) is 0 Å². The van der Waals surface area contributed by atoms with Crippen molar-refractivity contribution in [2.45, 2.75) is 45.6 Å². The summed E-state index contributed by atoms with van der Waals surface area (Å²) in [4.78, 5) is 10.9. The van der Waals surface area contributed by atoms with E-state index >= 15 is 0 Å². The molecule has 0 spiro atoms.